The quantitative estimate of drug-likeness (QED) is 0.390. The van der Waals surface area contributed by atoms with E-state index in [0.29, 0.717) is 0 Å². The van der Waals surface area contributed by atoms with E-state index in [-0.39, 0.29) is 59.8 Å². The van der Waals surface area contributed by atoms with Crippen LogP contribution in [0, 0.1) is 10.1 Å². The molecule has 11 nitrogen and oxygen atoms in total. The first kappa shape index (κ1) is 24.8. The third kappa shape index (κ3) is 5.38. The highest BCUT2D eigenvalue weighted by atomic mass is 32.2. The number of benzene rings is 2. The van der Waals surface area contributed by atoms with E-state index in [1.807, 2.05) is 0 Å². The number of amides is 1. The number of hydrogen-bond donors (Lipinski definition) is 0. The molecule has 1 heterocycles. The van der Waals surface area contributed by atoms with Crippen LogP contribution < -0.4 is 0 Å². The van der Waals surface area contributed by atoms with E-state index in [2.05, 4.69) is 0 Å². The summed E-state index contributed by atoms with van der Waals surface area (Å²) in [6.07, 6.45) is 0. The minimum atomic E-state index is -4.10. The Labute approximate surface area is 191 Å². The summed E-state index contributed by atoms with van der Waals surface area (Å²) in [6.45, 7) is 0.189. The Kier molecular flexibility index (Phi) is 7.47. The molecule has 0 saturated carbocycles. The Morgan fingerprint density at radius 2 is 1.61 bits per heavy atom. The summed E-state index contributed by atoms with van der Waals surface area (Å²) in [5.41, 5.74) is -0.229. The van der Waals surface area contributed by atoms with Crippen molar-refractivity contribution in [2.45, 2.75) is 9.79 Å². The van der Waals surface area contributed by atoms with Gasteiger partial charge in [-0.1, -0.05) is 12.1 Å². The molecular formula is C20H23N3O8S2. The van der Waals surface area contributed by atoms with Gasteiger partial charge in [-0.05, 0) is 30.3 Å². The highest BCUT2D eigenvalue weighted by molar-refractivity contribution is 7.91. The first-order chi connectivity index (χ1) is 15.6. The lowest BCUT2D eigenvalue weighted by molar-refractivity contribution is -0.387. The molecule has 1 fully saturated rings. The van der Waals surface area contributed by atoms with Crippen molar-refractivity contribution in [1.82, 2.24) is 9.21 Å². The van der Waals surface area contributed by atoms with E-state index >= 15 is 0 Å². The number of nitro groups is 1. The van der Waals surface area contributed by atoms with Crippen LogP contribution in [-0.2, 0) is 24.6 Å². The molecule has 1 aliphatic rings. The lowest BCUT2D eigenvalue weighted by Gasteiger charge is -2.34. The van der Waals surface area contributed by atoms with Gasteiger partial charge in [0.2, 0.25) is 10.0 Å². The first-order valence-electron chi connectivity index (χ1n) is 9.92. The largest absolute Gasteiger partial charge is 0.384 e. The summed E-state index contributed by atoms with van der Waals surface area (Å²) in [4.78, 5) is 24.4. The summed E-state index contributed by atoms with van der Waals surface area (Å²) >= 11 is 0. The number of carbonyl (C=O) groups is 1. The SMILES string of the molecule is COCCS(=O)(=O)c1ccc(C(=O)N2CCN(S(=O)(=O)c3ccccc3[N+](=O)[O-])CC2)cc1. The van der Waals surface area contributed by atoms with Crippen LogP contribution in [0.3, 0.4) is 0 Å². The van der Waals surface area contributed by atoms with Crippen LogP contribution in [-0.4, -0.2) is 82.5 Å². The number of para-hydroxylation sites is 1. The summed E-state index contributed by atoms with van der Waals surface area (Å²) in [7, 11) is -6.22. The molecule has 0 N–H and O–H groups in total. The number of sulfone groups is 1. The summed E-state index contributed by atoms with van der Waals surface area (Å²) < 4.78 is 56.2. The molecule has 1 amide bonds. The Morgan fingerprint density at radius 1 is 1.00 bits per heavy atom. The molecule has 0 atom stereocenters. The molecule has 0 bridgehead atoms. The average Bonchev–Trinajstić information content (AvgIpc) is 2.82. The van der Waals surface area contributed by atoms with E-state index in [1.54, 1.807) is 0 Å². The number of rotatable bonds is 8. The molecule has 2 aromatic carbocycles. The fraction of sp³-hybridized carbons (Fsp3) is 0.350. The maximum Gasteiger partial charge on any atom is 0.289 e. The maximum absolute atomic E-state index is 12.9. The summed E-state index contributed by atoms with van der Waals surface area (Å²) in [6, 6.07) is 10.7. The van der Waals surface area contributed by atoms with Crippen molar-refractivity contribution in [1.29, 1.82) is 0 Å². The van der Waals surface area contributed by atoms with Gasteiger partial charge >= 0.3 is 0 Å². The van der Waals surface area contributed by atoms with Gasteiger partial charge in [0.15, 0.2) is 14.7 Å². The van der Waals surface area contributed by atoms with Crippen molar-refractivity contribution in [2.75, 3.05) is 45.6 Å². The van der Waals surface area contributed by atoms with Gasteiger partial charge in [0, 0.05) is 44.9 Å². The van der Waals surface area contributed by atoms with Crippen LogP contribution in [0.2, 0.25) is 0 Å². The van der Waals surface area contributed by atoms with Crippen LogP contribution in [0.25, 0.3) is 0 Å². The molecule has 0 unspecified atom stereocenters. The molecule has 2 aromatic rings. The second kappa shape index (κ2) is 9.95. The van der Waals surface area contributed by atoms with Crippen LogP contribution in [0.4, 0.5) is 5.69 Å². The molecule has 178 valence electrons. The molecule has 33 heavy (non-hydrogen) atoms. The first-order valence-corrected chi connectivity index (χ1v) is 13.0. The molecule has 1 aliphatic heterocycles. The Bertz CT molecular complexity index is 1240. The van der Waals surface area contributed by atoms with Crippen molar-refractivity contribution in [2.24, 2.45) is 0 Å². The van der Waals surface area contributed by atoms with E-state index in [4.69, 9.17) is 4.74 Å². The number of hydrogen-bond acceptors (Lipinski definition) is 8. The minimum absolute atomic E-state index is 0.0242. The number of carbonyl (C=O) groups excluding carboxylic acids is 1. The highest BCUT2D eigenvalue weighted by Gasteiger charge is 2.34. The van der Waals surface area contributed by atoms with Crippen molar-refractivity contribution in [3.05, 3.63) is 64.2 Å². The van der Waals surface area contributed by atoms with Gasteiger partial charge in [-0.15, -0.1) is 0 Å². The zero-order chi connectivity index (χ0) is 24.2. The number of piperazine rings is 1. The summed E-state index contributed by atoms with van der Waals surface area (Å²) in [5, 5.41) is 11.2. The molecule has 0 aliphatic carbocycles. The van der Waals surface area contributed by atoms with Gasteiger partial charge in [0.25, 0.3) is 11.6 Å². The van der Waals surface area contributed by atoms with E-state index < -0.39 is 30.5 Å². The number of ether oxygens (including phenoxy) is 1. The molecule has 3 rings (SSSR count). The van der Waals surface area contributed by atoms with Crippen LogP contribution in [0.5, 0.6) is 0 Å². The van der Waals surface area contributed by atoms with Crippen molar-refractivity contribution in [3.8, 4) is 0 Å². The third-order valence-corrected chi connectivity index (χ3v) is 8.86. The molecular weight excluding hydrogens is 474 g/mol. The van der Waals surface area contributed by atoms with Crippen molar-refractivity contribution >= 4 is 31.5 Å². The van der Waals surface area contributed by atoms with Gasteiger partial charge in [-0.25, -0.2) is 16.8 Å². The van der Waals surface area contributed by atoms with Gasteiger partial charge in [0.1, 0.15) is 0 Å². The van der Waals surface area contributed by atoms with E-state index in [0.717, 1.165) is 10.4 Å². The molecule has 13 heteroatoms. The maximum atomic E-state index is 12.9. The van der Waals surface area contributed by atoms with Crippen molar-refractivity contribution in [3.63, 3.8) is 0 Å². The number of nitro benzene ring substituents is 1. The van der Waals surface area contributed by atoms with Crippen LogP contribution >= 0.6 is 0 Å². The zero-order valence-electron chi connectivity index (χ0n) is 17.8. The Morgan fingerprint density at radius 3 is 2.18 bits per heavy atom. The smallest absolute Gasteiger partial charge is 0.289 e. The number of nitrogens with zero attached hydrogens (tertiary/aromatic N) is 3. The lowest BCUT2D eigenvalue weighted by Crippen LogP contribution is -2.50. The van der Waals surface area contributed by atoms with E-state index in [9.17, 15) is 31.7 Å². The van der Waals surface area contributed by atoms with E-state index in [1.165, 1.54) is 54.5 Å². The summed E-state index contributed by atoms with van der Waals surface area (Å²) in [5.74, 6) is -0.536. The fourth-order valence-corrected chi connectivity index (χ4v) is 6.15. The van der Waals surface area contributed by atoms with Crippen LogP contribution in [0.1, 0.15) is 10.4 Å². The van der Waals surface area contributed by atoms with Crippen LogP contribution in [0.15, 0.2) is 58.3 Å². The Balaban J connectivity index is 1.69. The lowest BCUT2D eigenvalue weighted by atomic mass is 10.2. The standard InChI is InChI=1S/C20H23N3O8S2/c1-31-14-15-32(27,28)17-8-6-16(7-9-17)20(24)21-10-12-22(13-11-21)33(29,30)19-5-3-2-4-18(19)23(25)26/h2-9H,10-15H2,1H3. The topological polar surface area (TPSA) is 144 Å². The second-order valence-corrected chi connectivity index (χ2v) is 11.3. The fourth-order valence-electron chi connectivity index (χ4n) is 3.40. The monoisotopic (exact) mass is 497 g/mol. The third-order valence-electron chi connectivity index (χ3n) is 5.22. The Hall–Kier alpha value is -2.87. The van der Waals surface area contributed by atoms with Gasteiger partial charge < -0.3 is 9.64 Å². The van der Waals surface area contributed by atoms with Gasteiger partial charge in [-0.2, -0.15) is 4.31 Å². The molecule has 0 spiro atoms. The molecule has 0 aromatic heterocycles. The predicted octanol–water partition coefficient (Wildman–Crippen LogP) is 1.16. The predicted molar refractivity (Wildman–Crippen MR) is 118 cm³/mol. The molecule has 0 radical (unpaired) electrons. The molecule has 1 saturated heterocycles. The minimum Gasteiger partial charge on any atom is -0.384 e. The average molecular weight is 498 g/mol. The highest BCUT2D eigenvalue weighted by Crippen LogP contribution is 2.27. The normalized spacial score (nSPS) is 15.4. The number of sulfonamides is 1. The van der Waals surface area contributed by atoms with Crippen molar-refractivity contribution < 1.29 is 31.3 Å². The van der Waals surface area contributed by atoms with Gasteiger partial charge in [0.05, 0.1) is 22.2 Å². The second-order valence-electron chi connectivity index (χ2n) is 7.26. The zero-order valence-corrected chi connectivity index (χ0v) is 19.4. The van der Waals surface area contributed by atoms with Gasteiger partial charge in [-0.3, -0.25) is 14.9 Å². The number of methoxy groups -OCH3 is 1.